The Morgan fingerprint density at radius 1 is 1.42 bits per heavy atom. The number of aliphatic hydroxyl groups is 1. The van der Waals surface area contributed by atoms with Gasteiger partial charge in [0.25, 0.3) is 0 Å². The van der Waals surface area contributed by atoms with E-state index >= 15 is 0 Å². The van der Waals surface area contributed by atoms with Crippen molar-refractivity contribution in [3.05, 3.63) is 11.4 Å². The zero-order valence-electron chi connectivity index (χ0n) is 14.7. The van der Waals surface area contributed by atoms with Crippen molar-refractivity contribution in [3.8, 4) is 5.82 Å². The van der Waals surface area contributed by atoms with Gasteiger partial charge in [-0.15, -0.1) is 5.10 Å². The van der Waals surface area contributed by atoms with E-state index in [1.54, 1.807) is 6.92 Å². The minimum Gasteiger partial charge on any atom is -0.461 e. The highest BCUT2D eigenvalue weighted by Gasteiger charge is 2.29. The molecular weight excluding hydrogens is 342 g/mol. The molecule has 1 saturated heterocycles. The van der Waals surface area contributed by atoms with Gasteiger partial charge in [0.15, 0.2) is 5.69 Å². The van der Waals surface area contributed by atoms with E-state index in [1.807, 2.05) is 0 Å². The van der Waals surface area contributed by atoms with Crippen LogP contribution in [0.4, 0.5) is 5.82 Å². The van der Waals surface area contributed by atoms with Gasteiger partial charge in [0.2, 0.25) is 11.6 Å². The van der Waals surface area contributed by atoms with E-state index in [1.165, 1.54) is 4.68 Å². The summed E-state index contributed by atoms with van der Waals surface area (Å²) < 4.78 is 11.1. The molecule has 0 amide bonds. The summed E-state index contributed by atoms with van der Waals surface area (Å²) in [5.74, 6) is -0.324. The Hall–Kier alpha value is -2.53. The van der Waals surface area contributed by atoms with Crippen molar-refractivity contribution in [1.29, 1.82) is 0 Å². The van der Waals surface area contributed by atoms with Crippen molar-refractivity contribution in [2.75, 3.05) is 25.5 Å². The molecule has 1 aliphatic heterocycles. The van der Waals surface area contributed by atoms with E-state index in [9.17, 15) is 9.90 Å². The number of ether oxygens (including phenoxy) is 1. The maximum atomic E-state index is 12.3. The molecule has 1 atom stereocenters. The van der Waals surface area contributed by atoms with Gasteiger partial charge < -0.3 is 15.6 Å². The molecule has 11 heteroatoms. The van der Waals surface area contributed by atoms with Crippen molar-refractivity contribution in [1.82, 2.24) is 30.2 Å². The van der Waals surface area contributed by atoms with Crippen LogP contribution < -0.4 is 5.73 Å². The highest BCUT2D eigenvalue weighted by Crippen LogP contribution is 2.24. The first-order chi connectivity index (χ1) is 12.7. The minimum absolute atomic E-state index is 0.0529. The predicted octanol–water partition coefficient (Wildman–Crippen LogP) is 0.146. The van der Waals surface area contributed by atoms with Crippen LogP contribution >= 0.6 is 0 Å². The first-order valence-electron chi connectivity index (χ1n) is 8.70. The summed E-state index contributed by atoms with van der Waals surface area (Å²) in [4.78, 5) is 14.5. The zero-order chi connectivity index (χ0) is 18.5. The van der Waals surface area contributed by atoms with Gasteiger partial charge in [-0.1, -0.05) is 11.6 Å². The lowest BCUT2D eigenvalue weighted by Gasteiger charge is -2.35. The fourth-order valence-corrected chi connectivity index (χ4v) is 3.25. The summed E-state index contributed by atoms with van der Waals surface area (Å²) in [5, 5.41) is 24.6. The molecule has 3 N–H and O–H groups in total. The Morgan fingerprint density at radius 2 is 2.27 bits per heavy atom. The van der Waals surface area contributed by atoms with E-state index in [2.05, 4.69) is 30.2 Å². The summed E-state index contributed by atoms with van der Waals surface area (Å²) in [5.41, 5.74) is 6.40. The van der Waals surface area contributed by atoms with Gasteiger partial charge in [0, 0.05) is 19.2 Å². The van der Waals surface area contributed by atoms with Crippen molar-refractivity contribution >= 4 is 11.8 Å². The van der Waals surface area contributed by atoms with Gasteiger partial charge >= 0.3 is 5.97 Å². The van der Waals surface area contributed by atoms with Crippen LogP contribution in [0.15, 0.2) is 4.63 Å². The van der Waals surface area contributed by atoms with Crippen LogP contribution in [0.1, 0.15) is 48.8 Å². The standard InChI is InChI=1S/C15H23N7O4/c1-2-25-15(24)12-11(9-21-7-4-3-5-10(21)6-8-23)22(20-17-12)14-13(16)18-26-19-14/h10,23H,2-9H2,1H3,(H2,16,18)/t10-/m1/s1. The Bertz CT molecular complexity index is 742. The highest BCUT2D eigenvalue weighted by atomic mass is 16.6. The number of aliphatic hydroxyl groups excluding tert-OH is 1. The molecule has 0 radical (unpaired) electrons. The molecule has 3 heterocycles. The monoisotopic (exact) mass is 365 g/mol. The Kier molecular flexibility index (Phi) is 5.78. The number of carbonyl (C=O) groups is 1. The lowest BCUT2D eigenvalue weighted by molar-refractivity contribution is 0.0513. The van der Waals surface area contributed by atoms with E-state index in [-0.39, 0.29) is 36.6 Å². The Labute approximate surface area is 150 Å². The van der Waals surface area contributed by atoms with E-state index in [0.717, 1.165) is 25.8 Å². The molecule has 11 nitrogen and oxygen atoms in total. The van der Waals surface area contributed by atoms with Gasteiger partial charge in [-0.3, -0.25) is 4.90 Å². The third-order valence-corrected chi connectivity index (χ3v) is 4.49. The van der Waals surface area contributed by atoms with E-state index in [4.69, 9.17) is 10.5 Å². The van der Waals surface area contributed by atoms with Crippen LogP contribution in [0.25, 0.3) is 5.82 Å². The molecule has 142 valence electrons. The van der Waals surface area contributed by atoms with E-state index < -0.39 is 5.97 Å². The van der Waals surface area contributed by atoms with Crippen LogP contribution in [0.3, 0.4) is 0 Å². The summed E-state index contributed by atoms with van der Waals surface area (Å²) in [6.07, 6.45) is 3.82. The average Bonchev–Trinajstić information content (AvgIpc) is 3.23. The van der Waals surface area contributed by atoms with Gasteiger partial charge in [0.1, 0.15) is 0 Å². The number of nitrogens with two attached hydrogens (primary N) is 1. The number of nitrogens with zero attached hydrogens (tertiary/aromatic N) is 6. The number of rotatable bonds is 7. The highest BCUT2D eigenvalue weighted by molar-refractivity contribution is 5.88. The molecule has 2 aromatic rings. The lowest BCUT2D eigenvalue weighted by Crippen LogP contribution is -2.40. The minimum atomic E-state index is -0.556. The van der Waals surface area contributed by atoms with Crippen LogP contribution in [0.2, 0.25) is 0 Å². The second-order valence-electron chi connectivity index (χ2n) is 6.12. The van der Waals surface area contributed by atoms with E-state index in [0.29, 0.717) is 18.7 Å². The van der Waals surface area contributed by atoms with Crippen molar-refractivity contribution in [3.63, 3.8) is 0 Å². The normalized spacial score (nSPS) is 18.2. The maximum Gasteiger partial charge on any atom is 0.360 e. The molecule has 26 heavy (non-hydrogen) atoms. The molecule has 0 aliphatic carbocycles. The molecule has 3 rings (SSSR count). The number of aromatic nitrogens is 5. The van der Waals surface area contributed by atoms with Crippen molar-refractivity contribution < 1.29 is 19.3 Å². The van der Waals surface area contributed by atoms with Crippen LogP contribution in [-0.4, -0.2) is 67.1 Å². The molecule has 0 saturated carbocycles. The van der Waals surface area contributed by atoms with Crippen LogP contribution in [-0.2, 0) is 11.3 Å². The maximum absolute atomic E-state index is 12.3. The molecule has 0 unspecified atom stereocenters. The van der Waals surface area contributed by atoms with Gasteiger partial charge in [-0.2, -0.15) is 4.68 Å². The quantitative estimate of drug-likeness (QED) is 0.650. The number of likely N-dealkylation sites (tertiary alicyclic amines) is 1. The fraction of sp³-hybridized carbons (Fsp3) is 0.667. The van der Waals surface area contributed by atoms with Gasteiger partial charge in [0.05, 0.1) is 12.3 Å². The summed E-state index contributed by atoms with van der Waals surface area (Å²) in [6.45, 7) is 3.32. The second kappa shape index (κ2) is 8.23. The molecular formula is C15H23N7O4. The SMILES string of the molecule is CCOC(=O)c1nnn(-c2nonc2N)c1CN1CCCC[C@@H]1CCO. The number of hydrogen-bond donors (Lipinski definition) is 2. The summed E-state index contributed by atoms with van der Waals surface area (Å²) in [6, 6.07) is 0.222. The van der Waals surface area contributed by atoms with Gasteiger partial charge in [-0.05, 0) is 43.0 Å². The fourth-order valence-electron chi connectivity index (χ4n) is 3.25. The number of nitrogen functional groups attached to an aromatic ring is 1. The van der Waals surface area contributed by atoms with Gasteiger partial charge in [-0.25, -0.2) is 9.42 Å². The van der Waals surface area contributed by atoms with Crippen LogP contribution in [0.5, 0.6) is 0 Å². The van der Waals surface area contributed by atoms with Crippen molar-refractivity contribution in [2.24, 2.45) is 0 Å². The predicted molar refractivity (Wildman–Crippen MR) is 89.3 cm³/mol. The lowest BCUT2D eigenvalue weighted by atomic mass is 9.99. The third kappa shape index (κ3) is 3.68. The molecule has 1 aliphatic rings. The first-order valence-corrected chi connectivity index (χ1v) is 8.70. The molecule has 0 aromatic carbocycles. The number of esters is 1. The summed E-state index contributed by atoms with van der Waals surface area (Å²) >= 11 is 0. The zero-order valence-corrected chi connectivity index (χ0v) is 14.7. The van der Waals surface area contributed by atoms with Crippen LogP contribution in [0, 0.1) is 0 Å². The molecule has 1 fully saturated rings. The number of anilines is 1. The largest absolute Gasteiger partial charge is 0.461 e. The second-order valence-corrected chi connectivity index (χ2v) is 6.12. The topological polar surface area (TPSA) is 145 Å². The molecule has 0 bridgehead atoms. The first kappa shape index (κ1) is 18.3. The Balaban J connectivity index is 1.95. The van der Waals surface area contributed by atoms with Crippen molar-refractivity contribution in [2.45, 2.75) is 45.2 Å². The number of hydrogen-bond acceptors (Lipinski definition) is 10. The Morgan fingerprint density at radius 3 is 2.96 bits per heavy atom. The third-order valence-electron chi connectivity index (χ3n) is 4.49. The number of piperidine rings is 1. The smallest absolute Gasteiger partial charge is 0.360 e. The average molecular weight is 365 g/mol. The summed E-state index contributed by atoms with van der Waals surface area (Å²) in [7, 11) is 0. The molecule has 2 aromatic heterocycles. The molecule has 0 spiro atoms. The number of carbonyl (C=O) groups excluding carboxylic acids is 1.